The third-order valence-corrected chi connectivity index (χ3v) is 7.08. The van der Waals surface area contributed by atoms with Crippen molar-refractivity contribution in [3.8, 4) is 22.3 Å². The van der Waals surface area contributed by atoms with E-state index in [9.17, 15) is 9.59 Å². The maximum Gasteiger partial charge on any atom is 0.219 e. The number of carbonyl (C=O) groups excluding carboxylic acids is 2. The Bertz CT molecular complexity index is 1370. The van der Waals surface area contributed by atoms with Crippen LogP contribution in [-0.2, 0) is 9.59 Å². The molecule has 4 rings (SSSR count). The van der Waals surface area contributed by atoms with Gasteiger partial charge < -0.3 is 0 Å². The molecule has 4 heteroatoms. The number of thioether (sulfide) groups is 2. The number of carbonyl (C=O) groups is 2. The molecule has 0 fully saturated rings. The Balaban J connectivity index is 1.54. The first kappa shape index (κ1) is 22.8. The number of fused-ring (bicyclic) bond motifs is 1. The summed E-state index contributed by atoms with van der Waals surface area (Å²) in [6.07, 6.45) is 1.33. The van der Waals surface area contributed by atoms with E-state index in [1.165, 1.54) is 29.6 Å². The second kappa shape index (κ2) is 10.1. The minimum Gasteiger partial charge on any atom is -0.282 e. The van der Waals surface area contributed by atoms with Gasteiger partial charge in [0.1, 0.15) is 0 Å². The van der Waals surface area contributed by atoms with E-state index in [4.69, 9.17) is 0 Å². The molecule has 0 aromatic heterocycles. The van der Waals surface area contributed by atoms with E-state index in [2.05, 4.69) is 49.6 Å². The monoisotopic (exact) mass is 466 g/mol. The molecule has 0 N–H and O–H groups in total. The van der Waals surface area contributed by atoms with Crippen molar-refractivity contribution in [2.24, 2.45) is 0 Å². The van der Waals surface area contributed by atoms with Crippen LogP contribution < -0.4 is 0 Å². The van der Waals surface area contributed by atoms with Gasteiger partial charge >= 0.3 is 0 Å². The fourth-order valence-electron chi connectivity index (χ4n) is 3.39. The minimum atomic E-state index is -0.0574. The van der Waals surface area contributed by atoms with Crippen LogP contribution >= 0.6 is 23.5 Å². The molecule has 4 aromatic carbocycles. The first-order chi connectivity index (χ1) is 15.9. The van der Waals surface area contributed by atoms with Crippen molar-refractivity contribution < 1.29 is 9.59 Å². The average molecular weight is 467 g/mol. The maximum absolute atomic E-state index is 11.9. The maximum atomic E-state index is 11.9. The number of rotatable bonds is 6. The molecule has 0 heterocycles. The fraction of sp³-hybridized carbons (Fsp3) is 0.0345. The SMILES string of the molecule is C=CC(=O)Sc1ccc(-c2ccc3cc(-c4ccc(SC(=O)C(=C)C)cc4)ccc3c2)cc1. The summed E-state index contributed by atoms with van der Waals surface area (Å²) in [5.74, 6) is 0. The van der Waals surface area contributed by atoms with Gasteiger partial charge in [-0.15, -0.1) is 0 Å². The predicted octanol–water partition coefficient (Wildman–Crippen LogP) is 8.17. The van der Waals surface area contributed by atoms with Gasteiger partial charge in [-0.25, -0.2) is 0 Å². The Labute approximate surface area is 202 Å². The molecular weight excluding hydrogens is 444 g/mol. The second-order valence-corrected chi connectivity index (χ2v) is 9.74. The van der Waals surface area contributed by atoms with Crippen LogP contribution in [0.4, 0.5) is 0 Å². The van der Waals surface area contributed by atoms with Crippen molar-refractivity contribution in [2.75, 3.05) is 0 Å². The molecule has 0 bridgehead atoms. The third-order valence-electron chi connectivity index (χ3n) is 5.16. The summed E-state index contributed by atoms with van der Waals surface area (Å²) in [5, 5.41) is 2.26. The van der Waals surface area contributed by atoms with Crippen molar-refractivity contribution >= 4 is 44.5 Å². The van der Waals surface area contributed by atoms with E-state index in [0.717, 1.165) is 42.8 Å². The fourth-order valence-corrected chi connectivity index (χ4v) is 4.64. The average Bonchev–Trinajstić information content (AvgIpc) is 2.84. The van der Waals surface area contributed by atoms with Crippen LogP contribution in [0.15, 0.2) is 120 Å². The highest BCUT2D eigenvalue weighted by Gasteiger charge is 2.07. The van der Waals surface area contributed by atoms with Crippen LogP contribution in [0.25, 0.3) is 33.0 Å². The lowest BCUT2D eigenvalue weighted by molar-refractivity contribution is -0.108. The summed E-state index contributed by atoms with van der Waals surface area (Å²) < 4.78 is 0. The zero-order valence-corrected chi connectivity index (χ0v) is 19.8. The van der Waals surface area contributed by atoms with Crippen LogP contribution in [-0.4, -0.2) is 10.2 Å². The molecule has 0 atom stereocenters. The lowest BCUT2D eigenvalue weighted by Crippen LogP contribution is -1.90. The first-order valence-corrected chi connectivity index (χ1v) is 12.0. The standard InChI is InChI=1S/C29H22O2S2/c1-4-28(30)32-26-13-9-20(10-14-26)22-5-7-25-18-23(6-8-24(25)17-22)21-11-15-27(16-12-21)33-29(31)19(2)3/h4-18H,1-2H2,3H3. The van der Waals surface area contributed by atoms with Gasteiger partial charge in [-0.3, -0.25) is 9.59 Å². The molecular formula is C29H22O2S2. The molecule has 4 aromatic rings. The van der Waals surface area contributed by atoms with Gasteiger partial charge in [0.15, 0.2) is 0 Å². The molecule has 0 aliphatic rings. The minimum absolute atomic E-state index is 0.0112. The molecule has 0 spiro atoms. The molecule has 0 unspecified atom stereocenters. The lowest BCUT2D eigenvalue weighted by atomic mass is 9.98. The second-order valence-electron chi connectivity index (χ2n) is 7.62. The third kappa shape index (κ3) is 5.54. The quantitative estimate of drug-likeness (QED) is 0.212. The van der Waals surface area contributed by atoms with Gasteiger partial charge in [-0.2, -0.15) is 0 Å². The normalized spacial score (nSPS) is 10.7. The van der Waals surface area contributed by atoms with Crippen molar-refractivity contribution in [2.45, 2.75) is 16.7 Å². The largest absolute Gasteiger partial charge is 0.282 e. The van der Waals surface area contributed by atoms with Gasteiger partial charge in [0, 0.05) is 9.79 Å². The Hall–Kier alpha value is -3.34. The molecule has 0 saturated heterocycles. The van der Waals surface area contributed by atoms with E-state index >= 15 is 0 Å². The van der Waals surface area contributed by atoms with E-state index in [1.54, 1.807) is 6.92 Å². The topological polar surface area (TPSA) is 34.1 Å². The van der Waals surface area contributed by atoms with E-state index < -0.39 is 0 Å². The van der Waals surface area contributed by atoms with Gasteiger partial charge in [0.25, 0.3) is 0 Å². The Kier molecular flexibility index (Phi) is 6.97. The molecule has 0 aliphatic carbocycles. The molecule has 0 aliphatic heterocycles. The number of hydrogen-bond donors (Lipinski definition) is 0. The van der Waals surface area contributed by atoms with Crippen LogP contribution in [0, 0.1) is 0 Å². The highest BCUT2D eigenvalue weighted by molar-refractivity contribution is 8.14. The number of hydrogen-bond acceptors (Lipinski definition) is 4. The van der Waals surface area contributed by atoms with Crippen molar-refractivity contribution in [3.63, 3.8) is 0 Å². The van der Waals surface area contributed by atoms with Crippen molar-refractivity contribution in [3.05, 3.63) is 110 Å². The van der Waals surface area contributed by atoms with Crippen molar-refractivity contribution in [1.82, 2.24) is 0 Å². The van der Waals surface area contributed by atoms with Gasteiger partial charge in [-0.05, 0) is 112 Å². The first-order valence-electron chi connectivity index (χ1n) is 10.4. The van der Waals surface area contributed by atoms with Gasteiger partial charge in [-0.1, -0.05) is 61.7 Å². The van der Waals surface area contributed by atoms with Crippen LogP contribution in [0.5, 0.6) is 0 Å². The zero-order chi connectivity index (χ0) is 23.4. The Morgan fingerprint density at radius 2 is 1.09 bits per heavy atom. The van der Waals surface area contributed by atoms with E-state index in [1.807, 2.05) is 48.5 Å². The lowest BCUT2D eigenvalue weighted by Gasteiger charge is -2.08. The molecule has 0 saturated carbocycles. The van der Waals surface area contributed by atoms with Crippen LogP contribution in [0.3, 0.4) is 0 Å². The van der Waals surface area contributed by atoms with Crippen LogP contribution in [0.2, 0.25) is 0 Å². The van der Waals surface area contributed by atoms with Gasteiger partial charge in [0.05, 0.1) is 0 Å². The summed E-state index contributed by atoms with van der Waals surface area (Å²) in [6.45, 7) is 8.94. The predicted molar refractivity (Wildman–Crippen MR) is 142 cm³/mol. The molecule has 0 radical (unpaired) electrons. The molecule has 162 valence electrons. The Morgan fingerprint density at radius 1 is 0.667 bits per heavy atom. The molecule has 33 heavy (non-hydrogen) atoms. The van der Waals surface area contributed by atoms with E-state index in [-0.39, 0.29) is 10.2 Å². The van der Waals surface area contributed by atoms with Crippen LogP contribution in [0.1, 0.15) is 6.92 Å². The molecule has 0 amide bonds. The highest BCUT2D eigenvalue weighted by atomic mass is 32.2. The summed E-state index contributed by atoms with van der Waals surface area (Å²) in [5.41, 5.74) is 5.02. The van der Waals surface area contributed by atoms with Gasteiger partial charge in [0.2, 0.25) is 10.2 Å². The number of benzene rings is 4. The smallest absolute Gasteiger partial charge is 0.219 e. The summed E-state index contributed by atoms with van der Waals surface area (Å²) in [7, 11) is 0. The summed E-state index contributed by atoms with van der Waals surface area (Å²) in [6, 6.07) is 28.9. The van der Waals surface area contributed by atoms with Crippen molar-refractivity contribution in [1.29, 1.82) is 0 Å². The molecule has 2 nitrogen and oxygen atoms in total. The summed E-state index contributed by atoms with van der Waals surface area (Å²) in [4.78, 5) is 25.2. The summed E-state index contributed by atoms with van der Waals surface area (Å²) >= 11 is 2.38. The van der Waals surface area contributed by atoms with E-state index in [0.29, 0.717) is 5.57 Å². The zero-order valence-electron chi connectivity index (χ0n) is 18.2. The Morgan fingerprint density at radius 3 is 1.52 bits per heavy atom. The highest BCUT2D eigenvalue weighted by Crippen LogP contribution is 2.31.